The second-order valence-corrected chi connectivity index (χ2v) is 9.34. The molecule has 0 radical (unpaired) electrons. The van der Waals surface area contributed by atoms with E-state index in [1.165, 1.54) is 7.11 Å². The maximum atomic E-state index is 12.9. The van der Waals surface area contributed by atoms with E-state index in [0.29, 0.717) is 30.0 Å². The SMILES string of the molecule is COc1ccc(C(=O)CN(C[C@H]2CCCO2)[C@H]2CCS(=O)(=O)C2)cc1OC. The molecule has 0 saturated carbocycles. The van der Waals surface area contributed by atoms with Gasteiger partial charge in [0, 0.05) is 24.8 Å². The van der Waals surface area contributed by atoms with Crippen molar-refractivity contribution in [3.05, 3.63) is 23.8 Å². The number of Topliss-reactive ketones (excluding diaryl/α,β-unsaturated/α-hetero) is 1. The lowest BCUT2D eigenvalue weighted by atomic mass is 10.1. The van der Waals surface area contributed by atoms with Gasteiger partial charge in [-0.2, -0.15) is 0 Å². The molecule has 0 amide bonds. The van der Waals surface area contributed by atoms with Gasteiger partial charge in [-0.15, -0.1) is 0 Å². The molecular formula is C19H27NO6S. The van der Waals surface area contributed by atoms with Gasteiger partial charge in [-0.1, -0.05) is 0 Å². The lowest BCUT2D eigenvalue weighted by molar-refractivity contribution is 0.0566. The smallest absolute Gasteiger partial charge is 0.176 e. The fourth-order valence-electron chi connectivity index (χ4n) is 3.74. The predicted molar refractivity (Wildman–Crippen MR) is 101 cm³/mol. The predicted octanol–water partition coefficient (Wildman–Crippen LogP) is 1.55. The van der Waals surface area contributed by atoms with Gasteiger partial charge < -0.3 is 14.2 Å². The van der Waals surface area contributed by atoms with Gasteiger partial charge >= 0.3 is 0 Å². The Morgan fingerprint density at radius 3 is 2.59 bits per heavy atom. The molecule has 27 heavy (non-hydrogen) atoms. The van der Waals surface area contributed by atoms with Crippen molar-refractivity contribution in [1.82, 2.24) is 4.90 Å². The summed E-state index contributed by atoms with van der Waals surface area (Å²) in [5, 5.41) is 0. The minimum absolute atomic E-state index is 0.0616. The number of hydrogen-bond acceptors (Lipinski definition) is 7. The largest absolute Gasteiger partial charge is 0.493 e. The van der Waals surface area contributed by atoms with Crippen LogP contribution in [0.2, 0.25) is 0 Å². The van der Waals surface area contributed by atoms with Crippen molar-refractivity contribution in [2.24, 2.45) is 0 Å². The molecule has 0 bridgehead atoms. The molecule has 2 fully saturated rings. The van der Waals surface area contributed by atoms with Crippen LogP contribution in [0.3, 0.4) is 0 Å². The maximum absolute atomic E-state index is 12.9. The lowest BCUT2D eigenvalue weighted by Crippen LogP contribution is -2.44. The van der Waals surface area contributed by atoms with Crippen molar-refractivity contribution >= 4 is 15.6 Å². The molecule has 0 N–H and O–H groups in total. The summed E-state index contributed by atoms with van der Waals surface area (Å²) in [5.74, 6) is 1.28. The van der Waals surface area contributed by atoms with Crippen molar-refractivity contribution < 1.29 is 27.4 Å². The molecule has 0 unspecified atom stereocenters. The fourth-order valence-corrected chi connectivity index (χ4v) is 5.50. The number of benzene rings is 1. The summed E-state index contributed by atoms with van der Waals surface area (Å²) in [6.45, 7) is 1.47. The van der Waals surface area contributed by atoms with Gasteiger partial charge in [-0.25, -0.2) is 8.42 Å². The monoisotopic (exact) mass is 397 g/mol. The number of hydrogen-bond donors (Lipinski definition) is 0. The van der Waals surface area contributed by atoms with Gasteiger partial charge in [0.2, 0.25) is 0 Å². The van der Waals surface area contributed by atoms with Crippen LogP contribution in [-0.4, -0.2) is 76.7 Å². The van der Waals surface area contributed by atoms with Crippen LogP contribution >= 0.6 is 0 Å². The first-order chi connectivity index (χ1) is 12.9. The summed E-state index contributed by atoms with van der Waals surface area (Å²) in [5.41, 5.74) is 0.519. The number of ketones is 1. The summed E-state index contributed by atoms with van der Waals surface area (Å²) >= 11 is 0. The molecule has 2 atom stereocenters. The molecular weight excluding hydrogens is 370 g/mol. The number of carbonyl (C=O) groups is 1. The Morgan fingerprint density at radius 2 is 2.00 bits per heavy atom. The third kappa shape index (κ3) is 5.00. The van der Waals surface area contributed by atoms with Gasteiger partial charge in [-0.3, -0.25) is 9.69 Å². The first-order valence-electron chi connectivity index (χ1n) is 9.23. The molecule has 0 aliphatic carbocycles. The summed E-state index contributed by atoms with van der Waals surface area (Å²) in [6, 6.07) is 4.94. The van der Waals surface area contributed by atoms with E-state index in [1.807, 2.05) is 4.90 Å². The topological polar surface area (TPSA) is 82.1 Å². The van der Waals surface area contributed by atoms with Crippen LogP contribution in [0.25, 0.3) is 0 Å². The molecule has 1 aromatic rings. The van der Waals surface area contributed by atoms with E-state index < -0.39 is 9.84 Å². The van der Waals surface area contributed by atoms with E-state index in [9.17, 15) is 13.2 Å². The molecule has 0 aromatic heterocycles. The average molecular weight is 397 g/mol. The Kier molecular flexibility index (Phi) is 6.39. The summed E-state index contributed by atoms with van der Waals surface area (Å²) in [6.07, 6.45) is 2.58. The van der Waals surface area contributed by atoms with Crippen molar-refractivity contribution in [1.29, 1.82) is 0 Å². The maximum Gasteiger partial charge on any atom is 0.176 e. The van der Waals surface area contributed by atoms with Gasteiger partial charge in [0.1, 0.15) is 0 Å². The molecule has 2 heterocycles. The van der Waals surface area contributed by atoms with E-state index in [-0.39, 0.29) is 36.0 Å². The van der Waals surface area contributed by atoms with Gasteiger partial charge in [0.25, 0.3) is 0 Å². The summed E-state index contributed by atoms with van der Waals surface area (Å²) in [4.78, 5) is 14.9. The average Bonchev–Trinajstić information content (AvgIpc) is 3.29. The van der Waals surface area contributed by atoms with Crippen molar-refractivity contribution in [2.75, 3.05) is 45.4 Å². The molecule has 1 aromatic carbocycles. The highest BCUT2D eigenvalue weighted by molar-refractivity contribution is 7.91. The zero-order valence-corrected chi connectivity index (χ0v) is 16.7. The molecule has 3 rings (SSSR count). The molecule has 2 aliphatic heterocycles. The second-order valence-electron chi connectivity index (χ2n) is 7.11. The number of carbonyl (C=O) groups excluding carboxylic acids is 1. The van der Waals surface area contributed by atoms with Gasteiger partial charge in [0.15, 0.2) is 27.1 Å². The lowest BCUT2D eigenvalue weighted by Gasteiger charge is -2.29. The summed E-state index contributed by atoms with van der Waals surface area (Å²) < 4.78 is 40.0. The third-order valence-corrected chi connectivity index (χ3v) is 6.99. The van der Waals surface area contributed by atoms with Crippen LogP contribution in [0.4, 0.5) is 0 Å². The Bertz CT molecular complexity index is 772. The van der Waals surface area contributed by atoms with Crippen molar-refractivity contribution in [3.8, 4) is 11.5 Å². The number of methoxy groups -OCH3 is 2. The standard InChI is InChI=1S/C19H27NO6S/c1-24-18-6-5-14(10-19(18)25-2)17(21)12-20(11-16-4-3-8-26-16)15-7-9-27(22,23)13-15/h5-6,10,15-16H,3-4,7-9,11-13H2,1-2H3/t15-,16+/m0/s1. The van der Waals surface area contributed by atoms with Crippen LogP contribution in [0.5, 0.6) is 11.5 Å². The van der Waals surface area contributed by atoms with Gasteiger partial charge in [0.05, 0.1) is 38.4 Å². The Morgan fingerprint density at radius 1 is 1.22 bits per heavy atom. The molecule has 8 heteroatoms. The van der Waals surface area contributed by atoms with Crippen molar-refractivity contribution in [3.63, 3.8) is 0 Å². The van der Waals surface area contributed by atoms with Crippen LogP contribution < -0.4 is 9.47 Å². The highest BCUT2D eigenvalue weighted by atomic mass is 32.2. The number of ether oxygens (including phenoxy) is 3. The molecule has 2 saturated heterocycles. The highest BCUT2D eigenvalue weighted by Crippen LogP contribution is 2.28. The minimum atomic E-state index is -3.02. The van der Waals surface area contributed by atoms with Crippen LogP contribution in [-0.2, 0) is 14.6 Å². The Hall–Kier alpha value is -1.64. The van der Waals surface area contributed by atoms with Crippen LogP contribution in [0.15, 0.2) is 18.2 Å². The normalized spacial score (nSPS) is 24.3. The van der Waals surface area contributed by atoms with E-state index in [0.717, 1.165) is 19.4 Å². The molecule has 2 aliphatic rings. The molecule has 0 spiro atoms. The first kappa shape index (κ1) is 20.1. The zero-order valence-electron chi connectivity index (χ0n) is 15.8. The molecule has 7 nitrogen and oxygen atoms in total. The van der Waals surface area contributed by atoms with E-state index >= 15 is 0 Å². The second kappa shape index (κ2) is 8.58. The van der Waals surface area contributed by atoms with Gasteiger partial charge in [-0.05, 0) is 37.5 Å². The summed E-state index contributed by atoms with van der Waals surface area (Å²) in [7, 11) is 0.0474. The Balaban J connectivity index is 1.75. The van der Waals surface area contributed by atoms with Crippen LogP contribution in [0.1, 0.15) is 29.6 Å². The number of rotatable bonds is 8. The first-order valence-corrected chi connectivity index (χ1v) is 11.1. The van der Waals surface area contributed by atoms with Crippen LogP contribution in [0, 0.1) is 0 Å². The van der Waals surface area contributed by atoms with E-state index in [2.05, 4.69) is 0 Å². The van der Waals surface area contributed by atoms with Crippen molar-refractivity contribution in [2.45, 2.75) is 31.4 Å². The van der Waals surface area contributed by atoms with E-state index in [4.69, 9.17) is 14.2 Å². The number of sulfone groups is 1. The van der Waals surface area contributed by atoms with E-state index in [1.54, 1.807) is 25.3 Å². The molecule has 150 valence electrons. The minimum Gasteiger partial charge on any atom is -0.493 e. The fraction of sp³-hybridized carbons (Fsp3) is 0.632. The quantitative estimate of drug-likeness (QED) is 0.616. The third-order valence-electron chi connectivity index (χ3n) is 5.24. The highest BCUT2D eigenvalue weighted by Gasteiger charge is 2.35. The number of nitrogens with zero attached hydrogens (tertiary/aromatic N) is 1. The Labute approximate surface area is 160 Å². The zero-order chi connectivity index (χ0) is 19.4.